The average molecular weight is 344 g/mol. The second-order valence-corrected chi connectivity index (χ2v) is 8.55. The topological polar surface area (TPSA) is 12.9 Å². The molecule has 0 fully saturated rings. The molecule has 3 aromatic rings. The highest BCUT2D eigenvalue weighted by atomic mass is 32.2. The van der Waals surface area contributed by atoms with E-state index >= 15 is 0 Å². The highest BCUT2D eigenvalue weighted by Crippen LogP contribution is 2.36. The molecule has 112 valence electrons. The first kappa shape index (κ1) is 15.7. The van der Waals surface area contributed by atoms with E-state index in [-0.39, 0.29) is 0 Å². The highest BCUT2D eigenvalue weighted by Gasteiger charge is 2.06. The Morgan fingerprint density at radius 2 is 1.64 bits per heavy atom. The molecule has 4 heteroatoms. The Morgan fingerprint density at radius 1 is 0.909 bits per heavy atom. The number of nitrogens with zero attached hydrogens (tertiary/aromatic N) is 1. The first-order chi connectivity index (χ1) is 10.6. The number of aryl methyl sites for hydroxylation is 2. The summed E-state index contributed by atoms with van der Waals surface area (Å²) >= 11 is 5.32. The number of hydrogen-bond acceptors (Lipinski definition) is 4. The third-order valence-electron chi connectivity index (χ3n) is 3.32. The minimum atomic E-state index is 1.11. The third-order valence-corrected chi connectivity index (χ3v) is 6.01. The van der Waals surface area contributed by atoms with Crippen LogP contribution in [0.3, 0.4) is 0 Å². The van der Waals surface area contributed by atoms with Crippen molar-refractivity contribution in [1.29, 1.82) is 0 Å². The van der Waals surface area contributed by atoms with Crippen molar-refractivity contribution in [2.24, 2.45) is 0 Å². The number of thiazole rings is 1. The summed E-state index contributed by atoms with van der Waals surface area (Å²) in [5, 5.41) is 1.11. The van der Waals surface area contributed by atoms with E-state index in [9.17, 15) is 0 Å². The van der Waals surface area contributed by atoms with Crippen LogP contribution in [0.4, 0.5) is 0 Å². The molecular formula is C18H17NS3. The summed E-state index contributed by atoms with van der Waals surface area (Å²) in [4.78, 5) is 6.90. The minimum absolute atomic E-state index is 1.11. The molecule has 1 aromatic heterocycles. The molecule has 0 aliphatic rings. The summed E-state index contributed by atoms with van der Waals surface area (Å²) in [6.45, 7) is 4.17. The molecule has 0 saturated heterocycles. The SMILES string of the molecule is CSc1cc(Sc2cnc(C)s2)cc(-c2ccc(C)cc2)c1. The third kappa shape index (κ3) is 3.75. The smallest absolute Gasteiger partial charge is 0.0906 e. The highest BCUT2D eigenvalue weighted by molar-refractivity contribution is 8.01. The molecule has 0 radical (unpaired) electrons. The molecule has 0 amide bonds. The fraction of sp³-hybridized carbons (Fsp3) is 0.167. The predicted octanol–water partition coefficient (Wildman–Crippen LogP) is 6.30. The molecule has 0 aliphatic carbocycles. The van der Waals surface area contributed by atoms with Crippen molar-refractivity contribution in [3.05, 3.63) is 59.2 Å². The summed E-state index contributed by atoms with van der Waals surface area (Å²) in [5.41, 5.74) is 3.83. The van der Waals surface area contributed by atoms with Crippen molar-refractivity contribution in [3.8, 4) is 11.1 Å². The fourth-order valence-electron chi connectivity index (χ4n) is 2.17. The van der Waals surface area contributed by atoms with Crippen LogP contribution >= 0.6 is 34.9 Å². The van der Waals surface area contributed by atoms with E-state index in [1.807, 2.05) is 13.1 Å². The Hall–Kier alpha value is -1.23. The molecule has 1 heterocycles. The second kappa shape index (κ2) is 6.90. The lowest BCUT2D eigenvalue weighted by Gasteiger charge is -2.08. The Labute approximate surface area is 144 Å². The van der Waals surface area contributed by atoms with Gasteiger partial charge in [0.15, 0.2) is 0 Å². The summed E-state index contributed by atoms with van der Waals surface area (Å²) in [7, 11) is 0. The minimum Gasteiger partial charge on any atom is -0.249 e. The van der Waals surface area contributed by atoms with E-state index in [1.54, 1.807) is 34.9 Å². The van der Waals surface area contributed by atoms with E-state index in [1.165, 1.54) is 30.7 Å². The van der Waals surface area contributed by atoms with Crippen molar-refractivity contribution in [2.75, 3.05) is 6.26 Å². The van der Waals surface area contributed by atoms with Crippen LogP contribution in [0.15, 0.2) is 62.7 Å². The zero-order valence-corrected chi connectivity index (χ0v) is 15.2. The monoisotopic (exact) mass is 343 g/mol. The van der Waals surface area contributed by atoms with Gasteiger partial charge in [0, 0.05) is 9.79 Å². The van der Waals surface area contributed by atoms with Gasteiger partial charge in [-0.05, 0) is 49.4 Å². The predicted molar refractivity (Wildman–Crippen MR) is 99.4 cm³/mol. The molecule has 0 unspecified atom stereocenters. The first-order valence-corrected chi connectivity index (χ1v) is 9.86. The molecule has 0 N–H and O–H groups in total. The number of benzene rings is 2. The largest absolute Gasteiger partial charge is 0.249 e. The van der Waals surface area contributed by atoms with Crippen molar-refractivity contribution in [2.45, 2.75) is 27.8 Å². The molecule has 3 rings (SSSR count). The maximum Gasteiger partial charge on any atom is 0.0906 e. The van der Waals surface area contributed by atoms with Crippen LogP contribution in [0.1, 0.15) is 10.6 Å². The van der Waals surface area contributed by atoms with Gasteiger partial charge in [-0.15, -0.1) is 23.1 Å². The van der Waals surface area contributed by atoms with Gasteiger partial charge < -0.3 is 0 Å². The van der Waals surface area contributed by atoms with Gasteiger partial charge in [0.2, 0.25) is 0 Å². The summed E-state index contributed by atoms with van der Waals surface area (Å²) < 4.78 is 1.24. The van der Waals surface area contributed by atoms with E-state index < -0.39 is 0 Å². The lowest BCUT2D eigenvalue weighted by molar-refractivity contribution is 1.27. The Balaban J connectivity index is 1.97. The van der Waals surface area contributed by atoms with Crippen LogP contribution in [0.2, 0.25) is 0 Å². The van der Waals surface area contributed by atoms with E-state index in [0.717, 1.165) is 5.01 Å². The van der Waals surface area contributed by atoms with Gasteiger partial charge in [0.1, 0.15) is 0 Å². The normalized spacial score (nSPS) is 10.9. The Kier molecular flexibility index (Phi) is 4.91. The molecular weight excluding hydrogens is 326 g/mol. The number of rotatable bonds is 4. The van der Waals surface area contributed by atoms with Crippen molar-refractivity contribution >= 4 is 34.9 Å². The van der Waals surface area contributed by atoms with E-state index in [2.05, 4.69) is 60.6 Å². The van der Waals surface area contributed by atoms with Crippen molar-refractivity contribution in [3.63, 3.8) is 0 Å². The van der Waals surface area contributed by atoms with Gasteiger partial charge in [-0.3, -0.25) is 0 Å². The maximum atomic E-state index is 4.34. The van der Waals surface area contributed by atoms with Gasteiger partial charge in [0.25, 0.3) is 0 Å². The van der Waals surface area contributed by atoms with Crippen molar-refractivity contribution < 1.29 is 0 Å². The number of aromatic nitrogens is 1. The van der Waals surface area contributed by atoms with Crippen LogP contribution in [0, 0.1) is 13.8 Å². The van der Waals surface area contributed by atoms with E-state index in [0.29, 0.717) is 0 Å². The molecule has 0 saturated carbocycles. The van der Waals surface area contributed by atoms with Crippen LogP contribution in [0.5, 0.6) is 0 Å². The van der Waals surface area contributed by atoms with Crippen LogP contribution in [-0.2, 0) is 0 Å². The Bertz CT molecular complexity index is 775. The number of thioether (sulfide) groups is 1. The lowest BCUT2D eigenvalue weighted by Crippen LogP contribution is -1.82. The molecule has 0 atom stereocenters. The van der Waals surface area contributed by atoms with Gasteiger partial charge in [0.05, 0.1) is 15.4 Å². The molecule has 2 aromatic carbocycles. The van der Waals surface area contributed by atoms with Crippen molar-refractivity contribution in [1.82, 2.24) is 4.98 Å². The second-order valence-electron chi connectivity index (χ2n) is 5.06. The maximum absolute atomic E-state index is 4.34. The first-order valence-electron chi connectivity index (χ1n) is 7.00. The summed E-state index contributed by atoms with van der Waals surface area (Å²) in [6.07, 6.45) is 4.08. The van der Waals surface area contributed by atoms with Crippen LogP contribution in [-0.4, -0.2) is 11.2 Å². The zero-order chi connectivity index (χ0) is 15.5. The molecule has 0 aliphatic heterocycles. The van der Waals surface area contributed by atoms with Gasteiger partial charge in [-0.2, -0.15) is 0 Å². The summed E-state index contributed by atoms with van der Waals surface area (Å²) in [6, 6.07) is 15.5. The zero-order valence-electron chi connectivity index (χ0n) is 12.8. The van der Waals surface area contributed by atoms with E-state index in [4.69, 9.17) is 0 Å². The van der Waals surface area contributed by atoms with Gasteiger partial charge >= 0.3 is 0 Å². The fourth-order valence-corrected chi connectivity index (χ4v) is 4.76. The average Bonchev–Trinajstić information content (AvgIpc) is 2.92. The Morgan fingerprint density at radius 3 is 2.27 bits per heavy atom. The lowest BCUT2D eigenvalue weighted by atomic mass is 10.0. The molecule has 0 bridgehead atoms. The quantitative estimate of drug-likeness (QED) is 0.516. The van der Waals surface area contributed by atoms with Gasteiger partial charge in [-0.1, -0.05) is 41.6 Å². The van der Waals surface area contributed by atoms with Gasteiger partial charge in [-0.25, -0.2) is 4.98 Å². The van der Waals surface area contributed by atoms with Crippen LogP contribution in [0.25, 0.3) is 11.1 Å². The summed E-state index contributed by atoms with van der Waals surface area (Å²) in [5.74, 6) is 0. The van der Waals surface area contributed by atoms with Crippen LogP contribution < -0.4 is 0 Å². The standard InChI is InChI=1S/C18H17NS3/c1-12-4-6-14(7-5-12)15-8-16(20-3)10-17(9-15)22-18-11-19-13(2)21-18/h4-11H,1-3H3. The molecule has 1 nitrogen and oxygen atoms in total. The molecule has 0 spiro atoms. The number of hydrogen-bond donors (Lipinski definition) is 0. The molecule has 22 heavy (non-hydrogen) atoms.